The molecule has 0 fully saturated rings. The molecule has 2 N–H and O–H groups in total. The van der Waals surface area contributed by atoms with E-state index in [0.29, 0.717) is 12.5 Å². The van der Waals surface area contributed by atoms with Gasteiger partial charge in [-0.25, -0.2) is 9.97 Å². The van der Waals surface area contributed by atoms with Crippen molar-refractivity contribution >= 4 is 11.9 Å². The van der Waals surface area contributed by atoms with Gasteiger partial charge in [-0.3, -0.25) is 4.79 Å². The summed E-state index contributed by atoms with van der Waals surface area (Å²) < 4.78 is 43.8. The topological polar surface area (TPSA) is 80.0 Å². The lowest BCUT2D eigenvalue weighted by Gasteiger charge is -2.07. The number of carbonyl (C=O) groups is 1. The van der Waals surface area contributed by atoms with Crippen LogP contribution in [0.15, 0.2) is 59.3 Å². The number of benzene rings is 1. The fourth-order valence-corrected chi connectivity index (χ4v) is 2.29. The lowest BCUT2D eigenvalue weighted by Crippen LogP contribution is -2.28. The number of hydrogen-bond donors (Lipinski definition) is 2. The fraction of sp³-hybridized carbons (Fsp3) is 0.167. The molecule has 140 valence electrons. The Hall–Kier alpha value is -3.36. The quantitative estimate of drug-likeness (QED) is 0.643. The number of furan rings is 1. The van der Waals surface area contributed by atoms with E-state index in [4.69, 9.17) is 4.42 Å². The minimum Gasteiger partial charge on any atom is -0.451 e. The van der Waals surface area contributed by atoms with Crippen molar-refractivity contribution in [3.05, 3.63) is 66.2 Å². The molecule has 2 aromatic heterocycles. The Morgan fingerprint density at radius 1 is 1.04 bits per heavy atom. The zero-order valence-electron chi connectivity index (χ0n) is 14.0. The molecule has 0 aliphatic heterocycles. The van der Waals surface area contributed by atoms with Crippen molar-refractivity contribution in [2.75, 3.05) is 18.4 Å². The molecule has 0 unspecified atom stereocenters. The summed E-state index contributed by atoms with van der Waals surface area (Å²) in [5.41, 5.74) is -0.539. The van der Waals surface area contributed by atoms with E-state index in [0.717, 1.165) is 12.1 Å². The first kappa shape index (κ1) is 18.4. The van der Waals surface area contributed by atoms with Gasteiger partial charge in [-0.2, -0.15) is 13.2 Å². The summed E-state index contributed by atoms with van der Waals surface area (Å²) in [4.78, 5) is 20.0. The molecular formula is C18H15F3N4O2. The number of nitrogens with zero attached hydrogens (tertiary/aromatic N) is 2. The molecular weight excluding hydrogens is 361 g/mol. The van der Waals surface area contributed by atoms with Crippen LogP contribution < -0.4 is 10.6 Å². The monoisotopic (exact) mass is 376 g/mol. The van der Waals surface area contributed by atoms with Crippen LogP contribution in [-0.2, 0) is 6.18 Å². The van der Waals surface area contributed by atoms with E-state index in [1.165, 1.54) is 24.3 Å². The van der Waals surface area contributed by atoms with Gasteiger partial charge >= 0.3 is 6.18 Å². The Labute approximate surface area is 152 Å². The van der Waals surface area contributed by atoms with Crippen LogP contribution in [0.4, 0.5) is 19.1 Å². The van der Waals surface area contributed by atoms with Crippen molar-refractivity contribution in [1.29, 1.82) is 0 Å². The summed E-state index contributed by atoms with van der Waals surface area (Å²) in [7, 11) is 0. The molecule has 0 bridgehead atoms. The summed E-state index contributed by atoms with van der Waals surface area (Å²) in [5.74, 6) is 0.168. The molecule has 1 aromatic carbocycles. The molecule has 0 atom stereocenters. The van der Waals surface area contributed by atoms with Crippen molar-refractivity contribution in [2.45, 2.75) is 6.18 Å². The number of carbonyl (C=O) groups excluding carboxylic acids is 1. The molecule has 27 heavy (non-hydrogen) atoms. The highest BCUT2D eigenvalue weighted by atomic mass is 19.4. The van der Waals surface area contributed by atoms with Gasteiger partial charge in [-0.1, -0.05) is 12.1 Å². The lowest BCUT2D eigenvalue weighted by atomic mass is 10.1. The van der Waals surface area contributed by atoms with Crippen LogP contribution in [0.5, 0.6) is 0 Å². The zero-order valence-corrected chi connectivity index (χ0v) is 14.0. The number of nitrogens with one attached hydrogen (secondary N) is 2. The van der Waals surface area contributed by atoms with Crippen molar-refractivity contribution in [1.82, 2.24) is 15.3 Å². The largest absolute Gasteiger partial charge is 0.451 e. The fourth-order valence-electron chi connectivity index (χ4n) is 2.29. The van der Waals surface area contributed by atoms with Gasteiger partial charge in [0.15, 0.2) is 5.76 Å². The van der Waals surface area contributed by atoms with E-state index in [9.17, 15) is 18.0 Å². The number of rotatable bonds is 6. The predicted molar refractivity (Wildman–Crippen MR) is 92.0 cm³/mol. The summed E-state index contributed by atoms with van der Waals surface area (Å²) in [5, 5.41) is 5.57. The Morgan fingerprint density at radius 3 is 2.56 bits per heavy atom. The molecule has 9 heteroatoms. The molecule has 3 rings (SSSR count). The SMILES string of the molecule is O=C(NCCNc1ncccn1)c1ccc(-c2cccc(C(F)(F)F)c2)o1. The number of aromatic nitrogens is 2. The third kappa shape index (κ3) is 4.84. The average molecular weight is 376 g/mol. The summed E-state index contributed by atoms with van der Waals surface area (Å²) in [6.07, 6.45) is -1.27. The first-order chi connectivity index (χ1) is 12.9. The zero-order chi connectivity index (χ0) is 19.3. The minimum atomic E-state index is -4.45. The van der Waals surface area contributed by atoms with Gasteiger partial charge in [0.05, 0.1) is 5.56 Å². The number of anilines is 1. The molecule has 0 spiro atoms. The van der Waals surface area contributed by atoms with Crippen LogP contribution in [0.2, 0.25) is 0 Å². The van der Waals surface area contributed by atoms with Crippen molar-refractivity contribution in [3.8, 4) is 11.3 Å². The number of alkyl halides is 3. The second kappa shape index (κ2) is 7.90. The van der Waals surface area contributed by atoms with Crippen LogP contribution in [0.1, 0.15) is 16.1 Å². The Morgan fingerprint density at radius 2 is 1.81 bits per heavy atom. The summed E-state index contributed by atoms with van der Waals surface area (Å²) >= 11 is 0. The van der Waals surface area contributed by atoms with Gasteiger partial charge in [0.2, 0.25) is 5.95 Å². The Balaban J connectivity index is 1.58. The van der Waals surface area contributed by atoms with Gasteiger partial charge < -0.3 is 15.1 Å². The second-order valence-corrected chi connectivity index (χ2v) is 5.50. The van der Waals surface area contributed by atoms with Crippen LogP contribution in [-0.4, -0.2) is 29.0 Å². The van der Waals surface area contributed by atoms with E-state index in [2.05, 4.69) is 20.6 Å². The van der Waals surface area contributed by atoms with Gasteiger partial charge in [0.25, 0.3) is 5.91 Å². The third-order valence-corrected chi connectivity index (χ3v) is 3.56. The standard InChI is InChI=1S/C18H15F3N4O2/c19-18(20,21)13-4-1-3-12(11-13)14-5-6-15(27-14)16(26)22-9-10-25-17-23-7-2-8-24-17/h1-8,11H,9-10H2,(H,22,26)(H,23,24,25). The van der Waals surface area contributed by atoms with E-state index >= 15 is 0 Å². The van der Waals surface area contributed by atoms with E-state index in [1.54, 1.807) is 18.5 Å². The molecule has 0 aliphatic carbocycles. The van der Waals surface area contributed by atoms with Gasteiger partial charge in [-0.15, -0.1) is 0 Å². The molecule has 0 saturated heterocycles. The van der Waals surface area contributed by atoms with Gasteiger partial charge in [0.1, 0.15) is 5.76 Å². The minimum absolute atomic E-state index is 0.0124. The van der Waals surface area contributed by atoms with Crippen LogP contribution >= 0.6 is 0 Å². The van der Waals surface area contributed by atoms with Gasteiger partial charge in [-0.05, 0) is 30.3 Å². The van der Waals surface area contributed by atoms with Crippen LogP contribution in [0, 0.1) is 0 Å². The maximum Gasteiger partial charge on any atom is 0.416 e. The molecule has 0 aliphatic rings. The summed E-state index contributed by atoms with van der Waals surface area (Å²) in [6.45, 7) is 0.688. The molecule has 1 amide bonds. The molecule has 3 aromatic rings. The summed E-state index contributed by atoms with van der Waals surface area (Å²) in [6, 6.07) is 9.29. The van der Waals surface area contributed by atoms with Crippen molar-refractivity contribution in [2.24, 2.45) is 0 Å². The predicted octanol–water partition coefficient (Wildman–Crippen LogP) is 3.60. The third-order valence-electron chi connectivity index (χ3n) is 3.56. The molecule has 6 nitrogen and oxygen atoms in total. The Bertz CT molecular complexity index is 910. The van der Waals surface area contributed by atoms with Crippen molar-refractivity contribution in [3.63, 3.8) is 0 Å². The highest BCUT2D eigenvalue weighted by Crippen LogP contribution is 2.32. The average Bonchev–Trinajstić information content (AvgIpc) is 3.16. The van der Waals surface area contributed by atoms with Crippen molar-refractivity contribution < 1.29 is 22.4 Å². The van der Waals surface area contributed by atoms with E-state index in [-0.39, 0.29) is 23.6 Å². The molecule has 2 heterocycles. The smallest absolute Gasteiger partial charge is 0.416 e. The van der Waals surface area contributed by atoms with E-state index < -0.39 is 17.6 Å². The van der Waals surface area contributed by atoms with E-state index in [1.807, 2.05) is 0 Å². The molecule has 0 saturated carbocycles. The first-order valence-electron chi connectivity index (χ1n) is 8.00. The van der Waals surface area contributed by atoms with Gasteiger partial charge in [0, 0.05) is 31.0 Å². The second-order valence-electron chi connectivity index (χ2n) is 5.50. The van der Waals surface area contributed by atoms with Crippen LogP contribution in [0.25, 0.3) is 11.3 Å². The first-order valence-corrected chi connectivity index (χ1v) is 8.00. The number of hydrogen-bond acceptors (Lipinski definition) is 5. The number of halogens is 3. The lowest BCUT2D eigenvalue weighted by molar-refractivity contribution is -0.137. The molecule has 0 radical (unpaired) electrons. The Kier molecular flexibility index (Phi) is 5.39. The normalized spacial score (nSPS) is 11.2. The highest BCUT2D eigenvalue weighted by Gasteiger charge is 2.30. The highest BCUT2D eigenvalue weighted by molar-refractivity contribution is 5.92. The van der Waals surface area contributed by atoms with Crippen LogP contribution in [0.3, 0.4) is 0 Å². The maximum absolute atomic E-state index is 12.8. The number of amides is 1. The maximum atomic E-state index is 12.8.